The average molecular weight is 206 g/mol. The van der Waals surface area contributed by atoms with Crippen LogP contribution in [0.15, 0.2) is 24.3 Å². The zero-order valence-corrected chi connectivity index (χ0v) is 9.36. The summed E-state index contributed by atoms with van der Waals surface area (Å²) in [5, 5.41) is 3.42. The van der Waals surface area contributed by atoms with Crippen molar-refractivity contribution in [3.63, 3.8) is 0 Å². The Labute approximate surface area is 91.0 Å². The zero-order valence-electron chi connectivity index (χ0n) is 9.36. The van der Waals surface area contributed by atoms with Gasteiger partial charge < -0.3 is 10.1 Å². The van der Waals surface area contributed by atoms with Crippen LogP contribution in [-0.2, 0) is 0 Å². The number of methoxy groups -OCH3 is 1. The second kappa shape index (κ2) is 4.64. The van der Waals surface area contributed by atoms with Gasteiger partial charge in [0.1, 0.15) is 5.75 Å². The molecule has 0 spiro atoms. The number of hydrogen-bond donors (Lipinski definition) is 1. The van der Waals surface area contributed by atoms with E-state index in [0.717, 1.165) is 25.4 Å². The molecule has 0 saturated carbocycles. The Morgan fingerprint density at radius 1 is 1.47 bits per heavy atom. The summed E-state index contributed by atoms with van der Waals surface area (Å²) in [5.41, 5.74) is 1.32. The molecule has 1 heterocycles. The van der Waals surface area contributed by atoms with Crippen LogP contribution >= 0.6 is 0 Å². The van der Waals surface area contributed by atoms with Crippen LogP contribution in [0.25, 0.3) is 0 Å². The molecule has 1 aliphatic heterocycles. The topological polar surface area (TPSA) is 24.5 Å². The molecule has 1 aromatic rings. The van der Waals surface area contributed by atoms with Crippen molar-refractivity contribution in [3.05, 3.63) is 29.8 Å². The van der Waals surface area contributed by atoms with E-state index in [1.807, 2.05) is 6.07 Å². The maximum atomic E-state index is 5.24. The number of likely N-dealkylation sites (N-methyl/N-ethyl adjacent to an activating group) is 1. The summed E-state index contributed by atoms with van der Waals surface area (Å²) < 4.78 is 5.24. The monoisotopic (exact) mass is 206 g/mol. The molecular formula is C12H18N2O. The number of nitrogens with zero attached hydrogens (tertiary/aromatic N) is 1. The summed E-state index contributed by atoms with van der Waals surface area (Å²) >= 11 is 0. The molecule has 1 aromatic carbocycles. The number of nitrogens with one attached hydrogen (secondary N) is 1. The van der Waals surface area contributed by atoms with Crippen molar-refractivity contribution in [2.45, 2.75) is 6.04 Å². The third-order valence-corrected chi connectivity index (χ3v) is 2.99. The van der Waals surface area contributed by atoms with E-state index in [9.17, 15) is 0 Å². The molecule has 0 radical (unpaired) electrons. The normalized spacial score (nSPS) is 22.7. The maximum absolute atomic E-state index is 5.24. The second-order valence-corrected chi connectivity index (χ2v) is 3.98. The highest BCUT2D eigenvalue weighted by Gasteiger charge is 2.20. The van der Waals surface area contributed by atoms with Gasteiger partial charge in [0.15, 0.2) is 0 Å². The van der Waals surface area contributed by atoms with Crippen LogP contribution in [-0.4, -0.2) is 38.7 Å². The van der Waals surface area contributed by atoms with Crippen LogP contribution < -0.4 is 10.1 Å². The summed E-state index contributed by atoms with van der Waals surface area (Å²) in [4.78, 5) is 2.38. The number of rotatable bonds is 2. The number of ether oxygens (including phenoxy) is 1. The molecule has 15 heavy (non-hydrogen) atoms. The van der Waals surface area contributed by atoms with E-state index < -0.39 is 0 Å². The molecule has 0 aromatic heterocycles. The Morgan fingerprint density at radius 3 is 3.07 bits per heavy atom. The Morgan fingerprint density at radius 2 is 2.33 bits per heavy atom. The molecule has 1 unspecified atom stereocenters. The van der Waals surface area contributed by atoms with Crippen molar-refractivity contribution in [2.24, 2.45) is 0 Å². The van der Waals surface area contributed by atoms with Crippen molar-refractivity contribution < 1.29 is 4.74 Å². The van der Waals surface area contributed by atoms with Gasteiger partial charge in [-0.15, -0.1) is 0 Å². The van der Waals surface area contributed by atoms with Gasteiger partial charge in [-0.25, -0.2) is 0 Å². The molecule has 82 valence electrons. The minimum atomic E-state index is 0.467. The summed E-state index contributed by atoms with van der Waals surface area (Å²) in [7, 11) is 3.88. The summed E-state index contributed by atoms with van der Waals surface area (Å²) in [5.74, 6) is 0.937. The van der Waals surface area contributed by atoms with E-state index in [2.05, 4.69) is 35.5 Å². The van der Waals surface area contributed by atoms with Gasteiger partial charge in [-0.05, 0) is 24.7 Å². The van der Waals surface area contributed by atoms with Crippen molar-refractivity contribution in [1.29, 1.82) is 0 Å². The smallest absolute Gasteiger partial charge is 0.119 e. The lowest BCUT2D eigenvalue weighted by atomic mass is 10.0. The lowest BCUT2D eigenvalue weighted by Gasteiger charge is -2.33. The van der Waals surface area contributed by atoms with Gasteiger partial charge in [-0.1, -0.05) is 12.1 Å². The highest BCUT2D eigenvalue weighted by molar-refractivity contribution is 5.31. The van der Waals surface area contributed by atoms with E-state index in [1.54, 1.807) is 7.11 Å². The predicted octanol–water partition coefficient (Wildman–Crippen LogP) is 1.27. The molecular weight excluding hydrogens is 188 g/mol. The molecule has 0 bridgehead atoms. The summed E-state index contributed by atoms with van der Waals surface area (Å²) in [6.45, 7) is 3.20. The quantitative estimate of drug-likeness (QED) is 0.788. The Bertz CT molecular complexity index is 327. The van der Waals surface area contributed by atoms with E-state index >= 15 is 0 Å². The molecule has 0 amide bonds. The highest BCUT2D eigenvalue weighted by atomic mass is 16.5. The first-order chi connectivity index (χ1) is 7.31. The van der Waals surface area contributed by atoms with Crippen LogP contribution in [0.3, 0.4) is 0 Å². The molecule has 0 aliphatic carbocycles. The summed E-state index contributed by atoms with van der Waals surface area (Å²) in [6, 6.07) is 8.79. The highest BCUT2D eigenvalue weighted by Crippen LogP contribution is 2.23. The standard InChI is InChI=1S/C12H18N2O/c1-14-7-6-13-9-12(14)10-4-3-5-11(8-10)15-2/h3-5,8,12-13H,6-7,9H2,1-2H3. The lowest BCUT2D eigenvalue weighted by Crippen LogP contribution is -2.43. The van der Waals surface area contributed by atoms with Gasteiger partial charge in [0.25, 0.3) is 0 Å². The lowest BCUT2D eigenvalue weighted by molar-refractivity contribution is 0.202. The van der Waals surface area contributed by atoms with Crippen molar-refractivity contribution in [2.75, 3.05) is 33.8 Å². The van der Waals surface area contributed by atoms with Crippen molar-refractivity contribution in [3.8, 4) is 5.75 Å². The first-order valence-electron chi connectivity index (χ1n) is 5.36. The molecule has 1 fully saturated rings. The van der Waals surface area contributed by atoms with Crippen LogP contribution in [0.4, 0.5) is 0 Å². The fourth-order valence-electron chi connectivity index (χ4n) is 2.03. The zero-order chi connectivity index (χ0) is 10.7. The summed E-state index contributed by atoms with van der Waals surface area (Å²) in [6.07, 6.45) is 0. The predicted molar refractivity (Wildman–Crippen MR) is 61.2 cm³/mol. The molecule has 2 rings (SSSR count). The van der Waals surface area contributed by atoms with Gasteiger partial charge in [0.2, 0.25) is 0 Å². The molecule has 3 heteroatoms. The van der Waals surface area contributed by atoms with Crippen LogP contribution in [0.1, 0.15) is 11.6 Å². The molecule has 1 saturated heterocycles. The largest absolute Gasteiger partial charge is 0.497 e. The Balaban J connectivity index is 2.19. The third-order valence-electron chi connectivity index (χ3n) is 2.99. The number of benzene rings is 1. The second-order valence-electron chi connectivity index (χ2n) is 3.98. The Hall–Kier alpha value is -1.06. The molecule has 1 N–H and O–H groups in total. The molecule has 3 nitrogen and oxygen atoms in total. The van der Waals surface area contributed by atoms with Gasteiger partial charge in [-0.2, -0.15) is 0 Å². The molecule has 1 atom stereocenters. The first kappa shape index (κ1) is 10.5. The van der Waals surface area contributed by atoms with E-state index in [1.165, 1.54) is 5.56 Å². The maximum Gasteiger partial charge on any atom is 0.119 e. The third kappa shape index (κ3) is 2.30. The number of piperazine rings is 1. The van der Waals surface area contributed by atoms with Crippen LogP contribution in [0, 0.1) is 0 Å². The van der Waals surface area contributed by atoms with Crippen molar-refractivity contribution in [1.82, 2.24) is 10.2 Å². The minimum Gasteiger partial charge on any atom is -0.497 e. The van der Waals surface area contributed by atoms with Crippen molar-refractivity contribution >= 4 is 0 Å². The van der Waals surface area contributed by atoms with E-state index in [0.29, 0.717) is 6.04 Å². The van der Waals surface area contributed by atoms with Crippen LogP contribution in [0.5, 0.6) is 5.75 Å². The fourth-order valence-corrected chi connectivity index (χ4v) is 2.03. The van der Waals surface area contributed by atoms with Gasteiger partial charge in [-0.3, -0.25) is 4.90 Å². The fraction of sp³-hybridized carbons (Fsp3) is 0.500. The average Bonchev–Trinajstić information content (AvgIpc) is 2.30. The minimum absolute atomic E-state index is 0.467. The van der Waals surface area contributed by atoms with Crippen LogP contribution in [0.2, 0.25) is 0 Å². The number of hydrogen-bond acceptors (Lipinski definition) is 3. The van der Waals surface area contributed by atoms with E-state index in [4.69, 9.17) is 4.74 Å². The van der Waals surface area contributed by atoms with Gasteiger partial charge in [0.05, 0.1) is 7.11 Å². The van der Waals surface area contributed by atoms with Gasteiger partial charge in [0, 0.05) is 25.7 Å². The first-order valence-corrected chi connectivity index (χ1v) is 5.36. The van der Waals surface area contributed by atoms with E-state index in [-0.39, 0.29) is 0 Å². The molecule has 1 aliphatic rings. The Kier molecular flexibility index (Phi) is 3.23. The van der Waals surface area contributed by atoms with Gasteiger partial charge >= 0.3 is 0 Å². The SMILES string of the molecule is COc1cccc(C2CNCCN2C)c1.